The average molecular weight is 528 g/mol. The molecule has 0 radical (unpaired) electrons. The molecule has 1 spiro atoms. The van der Waals surface area contributed by atoms with Gasteiger partial charge in [-0.2, -0.15) is 0 Å². The van der Waals surface area contributed by atoms with Gasteiger partial charge in [-0.1, -0.05) is 116 Å². The van der Waals surface area contributed by atoms with Crippen LogP contribution >= 0.6 is 0 Å². The first kappa shape index (κ1) is 23.4. The summed E-state index contributed by atoms with van der Waals surface area (Å²) in [6.07, 6.45) is 16.4. The van der Waals surface area contributed by atoms with E-state index in [0.29, 0.717) is 11.8 Å². The minimum atomic E-state index is -0.210. The Labute approximate surface area is 241 Å². The summed E-state index contributed by atoms with van der Waals surface area (Å²) in [7, 11) is 0. The van der Waals surface area contributed by atoms with Crippen LogP contribution in [0.4, 0.5) is 0 Å². The number of rotatable bonds is 3. The zero-order valence-electron chi connectivity index (χ0n) is 23.5. The number of benzene rings is 4. The largest absolute Gasteiger partial charge is 0.309 e. The van der Waals surface area contributed by atoms with Gasteiger partial charge >= 0.3 is 0 Å². The van der Waals surface area contributed by atoms with Crippen molar-refractivity contribution in [2.75, 3.05) is 0 Å². The monoisotopic (exact) mass is 527 g/mol. The summed E-state index contributed by atoms with van der Waals surface area (Å²) in [5, 5.41) is 2.72. The molecule has 0 saturated carbocycles. The van der Waals surface area contributed by atoms with Gasteiger partial charge in [0.2, 0.25) is 0 Å². The molecule has 0 bridgehead atoms. The minimum absolute atomic E-state index is 0.210. The first-order valence-electron chi connectivity index (χ1n) is 15.3. The fourth-order valence-electron chi connectivity index (χ4n) is 8.71. The van der Waals surface area contributed by atoms with Crippen molar-refractivity contribution >= 4 is 21.8 Å². The predicted octanol–water partition coefficient (Wildman–Crippen LogP) is 9.89. The second kappa shape index (κ2) is 8.57. The lowest BCUT2D eigenvalue weighted by atomic mass is 9.62. The number of nitrogens with zero attached hydrogens (tertiary/aromatic N) is 1. The number of para-hydroxylation sites is 2. The highest BCUT2D eigenvalue weighted by molar-refractivity contribution is 6.12. The third kappa shape index (κ3) is 3.02. The van der Waals surface area contributed by atoms with Gasteiger partial charge in [-0.3, -0.25) is 0 Å². The van der Waals surface area contributed by atoms with Gasteiger partial charge in [0.25, 0.3) is 0 Å². The first-order valence-corrected chi connectivity index (χ1v) is 15.3. The summed E-state index contributed by atoms with van der Waals surface area (Å²) in [6.45, 7) is 2.36. The molecule has 41 heavy (non-hydrogen) atoms. The SMILES string of the molecule is CC(Cc1ccc2c(c1)-n1c3ccccc3c3cccc(c31)C21C2=CC=CCC2C2=C1CCC=C2)c1ccccc1. The van der Waals surface area contributed by atoms with E-state index in [-0.39, 0.29) is 5.41 Å². The Kier molecular flexibility index (Phi) is 4.88. The number of hydrogen-bond donors (Lipinski definition) is 0. The Morgan fingerprint density at radius 2 is 1.71 bits per heavy atom. The molecule has 4 aliphatic rings. The van der Waals surface area contributed by atoms with E-state index in [2.05, 4.69) is 133 Å². The molecule has 2 heterocycles. The Morgan fingerprint density at radius 1 is 0.854 bits per heavy atom. The van der Waals surface area contributed by atoms with E-state index in [1.807, 2.05) is 0 Å². The van der Waals surface area contributed by atoms with Gasteiger partial charge < -0.3 is 4.57 Å². The van der Waals surface area contributed by atoms with Crippen LogP contribution in [0.3, 0.4) is 0 Å². The van der Waals surface area contributed by atoms with Gasteiger partial charge in [0.15, 0.2) is 0 Å². The average Bonchev–Trinajstić information content (AvgIpc) is 3.52. The van der Waals surface area contributed by atoms with Crippen LogP contribution in [0.25, 0.3) is 27.5 Å². The lowest BCUT2D eigenvalue weighted by Crippen LogP contribution is -2.36. The molecule has 0 amide bonds. The van der Waals surface area contributed by atoms with Crippen LogP contribution in [-0.4, -0.2) is 4.57 Å². The molecular formula is C40H33N. The summed E-state index contributed by atoms with van der Waals surface area (Å²) in [5.74, 6) is 0.920. The Bertz CT molecular complexity index is 2010. The molecule has 1 aromatic heterocycles. The molecule has 9 rings (SSSR count). The molecule has 0 saturated heterocycles. The molecule has 4 aromatic carbocycles. The maximum atomic E-state index is 2.60. The summed E-state index contributed by atoms with van der Waals surface area (Å²) in [5.41, 5.74) is 14.4. The molecule has 0 N–H and O–H groups in total. The number of fused-ring (bicyclic) bond motifs is 11. The van der Waals surface area contributed by atoms with Crippen LogP contribution in [0.1, 0.15) is 54.4 Å². The zero-order chi connectivity index (χ0) is 27.1. The fraction of sp³-hybridized carbons (Fsp3) is 0.200. The number of hydrogen-bond acceptors (Lipinski definition) is 0. The third-order valence-corrected chi connectivity index (χ3v) is 10.3. The van der Waals surface area contributed by atoms with Gasteiger partial charge in [-0.05, 0) is 82.7 Å². The second-order valence-corrected chi connectivity index (χ2v) is 12.4. The van der Waals surface area contributed by atoms with Gasteiger partial charge in [0, 0.05) is 16.7 Å². The van der Waals surface area contributed by atoms with E-state index >= 15 is 0 Å². The van der Waals surface area contributed by atoms with E-state index < -0.39 is 0 Å². The van der Waals surface area contributed by atoms with Crippen LogP contribution in [0.2, 0.25) is 0 Å². The maximum absolute atomic E-state index is 2.60. The van der Waals surface area contributed by atoms with Crippen LogP contribution in [0.5, 0.6) is 0 Å². The molecule has 1 nitrogen and oxygen atoms in total. The lowest BCUT2D eigenvalue weighted by molar-refractivity contribution is 0.628. The molecule has 198 valence electrons. The van der Waals surface area contributed by atoms with Gasteiger partial charge in [-0.15, -0.1) is 0 Å². The molecular weight excluding hydrogens is 494 g/mol. The maximum Gasteiger partial charge on any atom is 0.0677 e. The second-order valence-electron chi connectivity index (χ2n) is 12.4. The summed E-state index contributed by atoms with van der Waals surface area (Å²) in [6, 6.07) is 34.5. The Hall–Kier alpha value is -4.36. The number of allylic oxidation sites excluding steroid dienone is 8. The highest BCUT2D eigenvalue weighted by atomic mass is 15.0. The highest BCUT2D eigenvalue weighted by Gasteiger charge is 2.54. The Morgan fingerprint density at radius 3 is 2.63 bits per heavy atom. The van der Waals surface area contributed by atoms with Gasteiger partial charge in [0.1, 0.15) is 0 Å². The predicted molar refractivity (Wildman–Crippen MR) is 171 cm³/mol. The van der Waals surface area contributed by atoms with Crippen LogP contribution < -0.4 is 0 Å². The highest BCUT2D eigenvalue weighted by Crippen LogP contribution is 2.64. The van der Waals surface area contributed by atoms with Crippen molar-refractivity contribution in [1.82, 2.24) is 4.57 Å². The van der Waals surface area contributed by atoms with E-state index in [4.69, 9.17) is 0 Å². The third-order valence-electron chi connectivity index (χ3n) is 10.3. The summed E-state index contributed by atoms with van der Waals surface area (Å²) < 4.78 is 2.60. The quantitative estimate of drug-likeness (QED) is 0.220. The fourth-order valence-corrected chi connectivity index (χ4v) is 8.71. The van der Waals surface area contributed by atoms with Crippen molar-refractivity contribution in [2.24, 2.45) is 5.92 Å². The van der Waals surface area contributed by atoms with Crippen molar-refractivity contribution in [3.05, 3.63) is 160 Å². The van der Waals surface area contributed by atoms with E-state index in [1.165, 1.54) is 49.7 Å². The molecule has 3 atom stereocenters. The first-order chi connectivity index (χ1) is 20.3. The lowest BCUT2D eigenvalue weighted by Gasteiger charge is -2.43. The standard InChI is InChI=1S/C40H33N/c1-26(28-12-3-2-4-13-28)24-27-22-23-35-38(25-27)41-37-21-10-7-16-31(37)32-17-11-20-36(39(32)41)40(35)33-18-8-5-14-29(33)30-15-6-9-19-34(30)40/h2-8,10-13,15-18,20-23,25-26,29H,9,14,19,24H2,1H3. The molecule has 1 aliphatic heterocycles. The molecule has 1 heteroatoms. The Balaban J connectivity index is 1.38. The molecule has 3 unspecified atom stereocenters. The van der Waals surface area contributed by atoms with Crippen LogP contribution in [0, 0.1) is 5.92 Å². The van der Waals surface area contributed by atoms with Gasteiger partial charge in [-0.25, -0.2) is 0 Å². The van der Waals surface area contributed by atoms with Crippen molar-refractivity contribution < 1.29 is 0 Å². The normalized spacial score (nSPS) is 22.7. The van der Waals surface area contributed by atoms with Gasteiger partial charge in [0.05, 0.1) is 22.1 Å². The van der Waals surface area contributed by atoms with Crippen LogP contribution in [0.15, 0.2) is 138 Å². The summed E-state index contributed by atoms with van der Waals surface area (Å²) in [4.78, 5) is 0. The number of aromatic nitrogens is 1. The van der Waals surface area contributed by atoms with Crippen molar-refractivity contribution in [2.45, 2.75) is 43.9 Å². The molecule has 3 aliphatic carbocycles. The summed E-state index contributed by atoms with van der Waals surface area (Å²) >= 11 is 0. The topological polar surface area (TPSA) is 4.93 Å². The van der Waals surface area contributed by atoms with E-state index in [9.17, 15) is 0 Å². The van der Waals surface area contributed by atoms with E-state index in [1.54, 1.807) is 16.7 Å². The smallest absolute Gasteiger partial charge is 0.0677 e. The molecule has 5 aromatic rings. The van der Waals surface area contributed by atoms with Crippen molar-refractivity contribution in [1.29, 1.82) is 0 Å². The van der Waals surface area contributed by atoms with Crippen molar-refractivity contribution in [3.63, 3.8) is 0 Å². The van der Waals surface area contributed by atoms with Crippen molar-refractivity contribution in [3.8, 4) is 5.69 Å². The molecule has 0 fully saturated rings. The minimum Gasteiger partial charge on any atom is -0.309 e. The van der Waals surface area contributed by atoms with Crippen LogP contribution in [-0.2, 0) is 11.8 Å². The van der Waals surface area contributed by atoms with E-state index in [0.717, 1.165) is 25.7 Å². The zero-order valence-corrected chi connectivity index (χ0v) is 23.5.